The zero-order valence-corrected chi connectivity index (χ0v) is 8.83. The molecule has 0 aliphatic rings. The lowest BCUT2D eigenvalue weighted by atomic mass is 10.0. The lowest BCUT2D eigenvalue weighted by Gasteiger charge is -2.09. The molecule has 0 saturated carbocycles. The first-order chi connectivity index (χ1) is 7.35. The van der Waals surface area contributed by atoms with Crippen LogP contribution in [0.1, 0.15) is 33.4 Å². The van der Waals surface area contributed by atoms with Gasteiger partial charge in [-0.15, -0.1) is 0 Å². The number of fused-ring (bicyclic) bond motifs is 1. The van der Waals surface area contributed by atoms with E-state index in [1.807, 2.05) is 19.2 Å². The fraction of sp³-hybridized carbons (Fsp3) is 0.375. The van der Waals surface area contributed by atoms with Crippen molar-refractivity contribution in [2.24, 2.45) is 0 Å². The first-order valence-electron chi connectivity index (χ1n) is 5.11. The summed E-state index contributed by atoms with van der Waals surface area (Å²) in [6.07, 6.45) is 0. The van der Waals surface area contributed by atoms with E-state index >= 15 is 0 Å². The number of hydrogen-bond acceptors (Lipinski definition) is 2. The van der Waals surface area contributed by atoms with Crippen molar-refractivity contribution in [3.8, 4) is 0 Å². The summed E-state index contributed by atoms with van der Waals surface area (Å²) < 4.78 is 0. The number of aliphatic hydroxyl groups excluding tert-OH is 1. The molecule has 2 heteroatoms. The smallest absolute Gasteiger partial charge is 0.0685 e. The maximum Gasteiger partial charge on any atom is 0.0685 e. The van der Waals surface area contributed by atoms with E-state index < -0.39 is 0 Å². The number of nitrogens with one attached hydrogen (secondary N) is 1. The molecule has 18 heavy (non-hydrogen) atoms. The van der Waals surface area contributed by atoms with E-state index in [1.54, 1.807) is 0 Å². The summed E-state index contributed by atoms with van der Waals surface area (Å²) in [5.41, 5.74) is 2.17. The van der Waals surface area contributed by atoms with Gasteiger partial charge in [0.1, 0.15) is 0 Å². The van der Waals surface area contributed by atoms with Crippen molar-refractivity contribution in [3.63, 3.8) is 0 Å². The maximum absolute atomic E-state index is 9.28. The van der Waals surface area contributed by atoms with Gasteiger partial charge in [-0.3, -0.25) is 0 Å². The van der Waals surface area contributed by atoms with Gasteiger partial charge in [0.15, 0.2) is 0 Å². The summed E-state index contributed by atoms with van der Waals surface area (Å²) in [6, 6.07) is 12.4. The first-order valence-corrected chi connectivity index (χ1v) is 5.11. The minimum Gasteiger partial charge on any atom is -0.392 e. The van der Waals surface area contributed by atoms with Crippen LogP contribution >= 0.6 is 0 Å². The van der Waals surface area contributed by atoms with Gasteiger partial charge in [-0.2, -0.15) is 0 Å². The lowest BCUT2D eigenvalue weighted by molar-refractivity contribution is 0.280. The average molecular weight is 249 g/mol. The molecule has 0 saturated heterocycles. The maximum atomic E-state index is 9.28. The predicted molar refractivity (Wildman–Crippen MR) is 82.8 cm³/mol. The summed E-state index contributed by atoms with van der Waals surface area (Å²) in [4.78, 5) is 0. The molecule has 0 aromatic heterocycles. The molecule has 0 aliphatic carbocycles. The topological polar surface area (TPSA) is 32.3 Å². The molecule has 2 nitrogen and oxygen atoms in total. The van der Waals surface area contributed by atoms with Crippen LogP contribution in [0.2, 0.25) is 0 Å². The molecule has 0 aliphatic heterocycles. The minimum absolute atomic E-state index is 0. The third kappa shape index (κ3) is 3.83. The van der Waals surface area contributed by atoms with Crippen LogP contribution in [-0.4, -0.2) is 12.2 Å². The van der Waals surface area contributed by atoms with E-state index in [2.05, 4.69) is 29.6 Å². The normalized spacial score (nSPS) is 9.00. The molecule has 0 atom stereocenters. The van der Waals surface area contributed by atoms with Crippen LogP contribution in [0.25, 0.3) is 10.8 Å². The Balaban J connectivity index is 0. The van der Waals surface area contributed by atoms with Gasteiger partial charge in [-0.25, -0.2) is 0 Å². The first kappa shape index (κ1) is 19.0. The molecule has 0 unspecified atom stereocenters. The van der Waals surface area contributed by atoms with Gasteiger partial charge < -0.3 is 10.4 Å². The Morgan fingerprint density at radius 3 is 1.89 bits per heavy atom. The molecule has 0 radical (unpaired) electrons. The number of hydrogen-bond donors (Lipinski definition) is 2. The molecule has 2 rings (SSSR count). The molecule has 0 amide bonds. The standard InChI is InChI=1S/C13H15NO.3CH4/c1-14-8-12-6-10-4-2-3-5-11(10)7-13(12)9-15;;;/h2-7,14-15H,8-9H2,1H3;3*1H4. The van der Waals surface area contributed by atoms with Crippen molar-refractivity contribution in [1.29, 1.82) is 0 Å². The van der Waals surface area contributed by atoms with E-state index in [9.17, 15) is 5.11 Å². The minimum atomic E-state index is 0. The number of rotatable bonds is 3. The Hall–Kier alpha value is -1.38. The summed E-state index contributed by atoms with van der Waals surface area (Å²) >= 11 is 0. The highest BCUT2D eigenvalue weighted by Crippen LogP contribution is 2.20. The quantitative estimate of drug-likeness (QED) is 0.863. The molecule has 2 aromatic rings. The summed E-state index contributed by atoms with van der Waals surface area (Å²) in [5.74, 6) is 0. The molecular weight excluding hydrogens is 222 g/mol. The van der Waals surface area contributed by atoms with Gasteiger partial charge in [0.25, 0.3) is 0 Å². The van der Waals surface area contributed by atoms with E-state index in [1.165, 1.54) is 16.3 Å². The Morgan fingerprint density at radius 1 is 0.944 bits per heavy atom. The predicted octanol–water partition coefficient (Wildman–Crippen LogP) is 3.96. The second-order valence-corrected chi connectivity index (χ2v) is 3.66. The second kappa shape index (κ2) is 8.67. The molecule has 102 valence electrons. The van der Waals surface area contributed by atoms with Crippen LogP contribution in [0, 0.1) is 0 Å². The average Bonchev–Trinajstić information content (AvgIpc) is 2.28. The van der Waals surface area contributed by atoms with Gasteiger partial charge in [0.2, 0.25) is 0 Å². The lowest BCUT2D eigenvalue weighted by Crippen LogP contribution is -2.07. The van der Waals surface area contributed by atoms with Crippen molar-refractivity contribution in [1.82, 2.24) is 5.32 Å². The van der Waals surface area contributed by atoms with Gasteiger partial charge in [-0.05, 0) is 41.1 Å². The third-order valence-corrected chi connectivity index (χ3v) is 2.61. The van der Waals surface area contributed by atoms with Gasteiger partial charge in [0, 0.05) is 6.54 Å². The van der Waals surface area contributed by atoms with Crippen molar-refractivity contribution >= 4 is 10.8 Å². The van der Waals surface area contributed by atoms with Crippen LogP contribution in [0.4, 0.5) is 0 Å². The van der Waals surface area contributed by atoms with Gasteiger partial charge >= 0.3 is 0 Å². The van der Waals surface area contributed by atoms with Crippen LogP contribution in [0.3, 0.4) is 0 Å². The molecule has 2 aromatic carbocycles. The Bertz CT molecular complexity index is 466. The van der Waals surface area contributed by atoms with Crippen LogP contribution in [0.15, 0.2) is 36.4 Å². The van der Waals surface area contributed by atoms with Crippen molar-refractivity contribution in [3.05, 3.63) is 47.5 Å². The second-order valence-electron chi connectivity index (χ2n) is 3.66. The Labute approximate surface area is 112 Å². The highest BCUT2D eigenvalue weighted by atomic mass is 16.3. The highest BCUT2D eigenvalue weighted by Gasteiger charge is 2.02. The number of benzene rings is 2. The fourth-order valence-electron chi connectivity index (χ4n) is 1.84. The van der Waals surface area contributed by atoms with Crippen molar-refractivity contribution < 1.29 is 5.11 Å². The van der Waals surface area contributed by atoms with Crippen LogP contribution in [-0.2, 0) is 13.2 Å². The van der Waals surface area contributed by atoms with E-state index in [0.29, 0.717) is 0 Å². The largest absolute Gasteiger partial charge is 0.392 e. The fourth-order valence-corrected chi connectivity index (χ4v) is 1.84. The molecule has 2 N–H and O–H groups in total. The molecular formula is C16H27NO. The van der Waals surface area contributed by atoms with Gasteiger partial charge in [-0.1, -0.05) is 46.5 Å². The van der Waals surface area contributed by atoms with Gasteiger partial charge in [0.05, 0.1) is 6.61 Å². The monoisotopic (exact) mass is 249 g/mol. The third-order valence-electron chi connectivity index (χ3n) is 2.61. The Morgan fingerprint density at radius 2 is 1.44 bits per heavy atom. The Kier molecular flexibility index (Phi) is 9.14. The van der Waals surface area contributed by atoms with Crippen LogP contribution in [0.5, 0.6) is 0 Å². The molecule has 0 spiro atoms. The molecule has 0 bridgehead atoms. The summed E-state index contributed by atoms with van der Waals surface area (Å²) in [5, 5.41) is 14.8. The molecule has 0 fully saturated rings. The van der Waals surface area contributed by atoms with E-state index in [-0.39, 0.29) is 28.9 Å². The summed E-state index contributed by atoms with van der Waals surface area (Å²) in [7, 11) is 1.91. The van der Waals surface area contributed by atoms with E-state index in [0.717, 1.165) is 12.1 Å². The highest BCUT2D eigenvalue weighted by molar-refractivity contribution is 5.84. The van der Waals surface area contributed by atoms with Crippen LogP contribution < -0.4 is 5.32 Å². The summed E-state index contributed by atoms with van der Waals surface area (Å²) in [6.45, 7) is 0.891. The number of aliphatic hydroxyl groups is 1. The zero-order valence-electron chi connectivity index (χ0n) is 8.83. The SMILES string of the molecule is C.C.C.CNCc1cc2ccccc2cc1CO. The zero-order chi connectivity index (χ0) is 10.7. The van der Waals surface area contributed by atoms with E-state index in [4.69, 9.17) is 0 Å². The van der Waals surface area contributed by atoms with Crippen molar-refractivity contribution in [2.45, 2.75) is 35.4 Å². The molecule has 0 heterocycles. The van der Waals surface area contributed by atoms with Crippen molar-refractivity contribution in [2.75, 3.05) is 7.05 Å².